The second-order valence-electron chi connectivity index (χ2n) is 2.17. The van der Waals surface area contributed by atoms with Crippen molar-refractivity contribution in [2.24, 2.45) is 0 Å². The zero-order chi connectivity index (χ0) is 6.41. The minimum Gasteiger partial charge on any atom is -0.0891 e. The third-order valence-corrected chi connectivity index (χ3v) is 2.12. The molecule has 0 bridgehead atoms. The van der Waals surface area contributed by atoms with Gasteiger partial charge in [0.2, 0.25) is 0 Å². The minimum atomic E-state index is 0. The van der Waals surface area contributed by atoms with E-state index < -0.39 is 0 Å². The van der Waals surface area contributed by atoms with E-state index in [-0.39, 0.29) is 19.5 Å². The summed E-state index contributed by atoms with van der Waals surface area (Å²) in [5.74, 6) is 0. The average molecular weight is 244 g/mol. The molecule has 0 N–H and O–H groups in total. The van der Waals surface area contributed by atoms with Crippen LogP contribution in [0.5, 0.6) is 0 Å². The first-order valence-corrected chi connectivity index (χ1v) is 4.36. The van der Waals surface area contributed by atoms with Crippen LogP contribution in [-0.2, 0) is 19.5 Å². The maximum absolute atomic E-state index is 3.60. The molecule has 0 aromatic rings. The van der Waals surface area contributed by atoms with Gasteiger partial charge in [0, 0.05) is 24.3 Å². The van der Waals surface area contributed by atoms with Crippen LogP contribution >= 0.6 is 15.9 Å². The number of hydrogen-bond donors (Lipinski definition) is 0. The molecular formula is C7H15BrZn. The van der Waals surface area contributed by atoms with E-state index in [1.165, 1.54) is 25.7 Å². The topological polar surface area (TPSA) is 0 Å². The molecule has 0 aliphatic heterocycles. The van der Waals surface area contributed by atoms with Crippen LogP contribution < -0.4 is 0 Å². The Morgan fingerprint density at radius 1 is 1.11 bits per heavy atom. The zero-order valence-corrected chi connectivity index (χ0v) is 11.0. The van der Waals surface area contributed by atoms with Crippen molar-refractivity contribution in [1.82, 2.24) is 0 Å². The van der Waals surface area contributed by atoms with E-state index in [1.807, 2.05) is 0 Å². The second-order valence-corrected chi connectivity index (χ2v) is 3.47. The van der Waals surface area contributed by atoms with Crippen molar-refractivity contribution in [2.75, 3.05) is 0 Å². The predicted octanol–water partition coefficient (Wildman–Crippen LogP) is 3.35. The van der Waals surface area contributed by atoms with Gasteiger partial charge in [0.05, 0.1) is 0 Å². The normalized spacial score (nSPS) is 9.33. The van der Waals surface area contributed by atoms with Crippen LogP contribution in [0.2, 0.25) is 0 Å². The molecule has 0 unspecified atom stereocenters. The van der Waals surface area contributed by atoms with E-state index in [0.717, 1.165) is 4.83 Å². The van der Waals surface area contributed by atoms with Gasteiger partial charge in [-0.1, -0.05) is 42.6 Å². The Morgan fingerprint density at radius 3 is 1.67 bits per heavy atom. The van der Waals surface area contributed by atoms with E-state index in [1.54, 1.807) is 0 Å². The van der Waals surface area contributed by atoms with Gasteiger partial charge in [-0.05, 0) is 12.8 Å². The molecule has 0 saturated carbocycles. The summed E-state index contributed by atoms with van der Waals surface area (Å²) in [5, 5.41) is 0. The molecule has 9 heavy (non-hydrogen) atoms. The Bertz CT molecular complexity index is 42.2. The Balaban J connectivity index is 0. The van der Waals surface area contributed by atoms with Gasteiger partial charge in [0.15, 0.2) is 0 Å². The molecule has 0 aliphatic carbocycles. The van der Waals surface area contributed by atoms with Crippen molar-refractivity contribution in [3.05, 3.63) is 0 Å². The van der Waals surface area contributed by atoms with Gasteiger partial charge in [0.1, 0.15) is 0 Å². The predicted molar refractivity (Wildman–Crippen MR) is 42.5 cm³/mol. The molecule has 2 heteroatoms. The van der Waals surface area contributed by atoms with Crippen molar-refractivity contribution >= 4 is 15.9 Å². The van der Waals surface area contributed by atoms with E-state index >= 15 is 0 Å². The first kappa shape index (κ1) is 12.8. The van der Waals surface area contributed by atoms with Crippen LogP contribution in [0.3, 0.4) is 0 Å². The molecule has 0 atom stereocenters. The number of halogens is 1. The van der Waals surface area contributed by atoms with Gasteiger partial charge in [-0.15, -0.1) is 0 Å². The summed E-state index contributed by atoms with van der Waals surface area (Å²) in [6.07, 6.45) is 5.26. The molecule has 0 amide bonds. The first-order chi connectivity index (χ1) is 3.81. The summed E-state index contributed by atoms with van der Waals surface area (Å²) in [7, 11) is 0. The smallest absolute Gasteiger partial charge is 0.0145 e. The van der Waals surface area contributed by atoms with Crippen LogP contribution in [0.25, 0.3) is 0 Å². The first-order valence-electron chi connectivity index (χ1n) is 3.45. The molecular weight excluding hydrogens is 229 g/mol. The Morgan fingerprint density at radius 2 is 1.44 bits per heavy atom. The molecule has 52 valence electrons. The third kappa shape index (κ3) is 9.10. The quantitative estimate of drug-likeness (QED) is 0.525. The van der Waals surface area contributed by atoms with Crippen LogP contribution in [0, 0.1) is 0 Å². The maximum Gasteiger partial charge on any atom is 0.0145 e. The van der Waals surface area contributed by atoms with Crippen LogP contribution in [0.4, 0.5) is 0 Å². The Hall–Kier alpha value is 1.10. The summed E-state index contributed by atoms with van der Waals surface area (Å²) in [4.78, 5) is 0.775. The fourth-order valence-corrected chi connectivity index (χ4v) is 1.69. The summed E-state index contributed by atoms with van der Waals surface area (Å²) in [6, 6.07) is 0. The van der Waals surface area contributed by atoms with Crippen LogP contribution in [0.1, 0.15) is 39.5 Å². The van der Waals surface area contributed by atoms with Gasteiger partial charge in [-0.25, -0.2) is 0 Å². The molecule has 0 aromatic carbocycles. The molecule has 0 radical (unpaired) electrons. The maximum atomic E-state index is 3.60. The van der Waals surface area contributed by atoms with Gasteiger partial charge in [0.25, 0.3) is 0 Å². The van der Waals surface area contributed by atoms with Crippen LogP contribution in [0.15, 0.2) is 0 Å². The molecule has 0 aromatic heterocycles. The minimum absolute atomic E-state index is 0. The van der Waals surface area contributed by atoms with Crippen molar-refractivity contribution in [3.8, 4) is 0 Å². The fraction of sp³-hybridized carbons (Fsp3) is 1.00. The van der Waals surface area contributed by atoms with Crippen molar-refractivity contribution in [2.45, 2.75) is 44.4 Å². The van der Waals surface area contributed by atoms with Crippen LogP contribution in [-0.4, -0.2) is 4.83 Å². The van der Waals surface area contributed by atoms with Crippen molar-refractivity contribution in [1.29, 1.82) is 0 Å². The molecule has 0 heterocycles. The van der Waals surface area contributed by atoms with E-state index in [9.17, 15) is 0 Å². The third-order valence-electron chi connectivity index (χ3n) is 1.20. The number of rotatable bonds is 4. The summed E-state index contributed by atoms with van der Waals surface area (Å²) < 4.78 is 0. The SMILES string of the molecule is CCCC(Br)CCC.[Zn]. The number of alkyl halides is 1. The second kappa shape index (κ2) is 9.10. The standard InChI is InChI=1S/C7H15Br.Zn/c1-3-5-7(8)6-4-2;/h7H,3-6H2,1-2H3;. The molecule has 0 fully saturated rings. The van der Waals surface area contributed by atoms with Gasteiger partial charge < -0.3 is 0 Å². The monoisotopic (exact) mass is 242 g/mol. The fourth-order valence-electron chi connectivity index (χ4n) is 0.771. The van der Waals surface area contributed by atoms with Gasteiger partial charge >= 0.3 is 0 Å². The Kier molecular flexibility index (Phi) is 12.9. The van der Waals surface area contributed by atoms with E-state index in [2.05, 4.69) is 29.8 Å². The van der Waals surface area contributed by atoms with E-state index in [4.69, 9.17) is 0 Å². The molecule has 0 nitrogen and oxygen atoms in total. The zero-order valence-electron chi connectivity index (χ0n) is 6.49. The average Bonchev–Trinajstić information content (AvgIpc) is 1.68. The largest absolute Gasteiger partial charge is 0.0891 e. The van der Waals surface area contributed by atoms with Crippen molar-refractivity contribution < 1.29 is 19.5 Å². The molecule has 0 rings (SSSR count). The molecule has 0 saturated heterocycles. The summed E-state index contributed by atoms with van der Waals surface area (Å²) in [6.45, 7) is 4.45. The Labute approximate surface area is 79.7 Å². The van der Waals surface area contributed by atoms with Gasteiger partial charge in [-0.3, -0.25) is 0 Å². The van der Waals surface area contributed by atoms with E-state index in [0.29, 0.717) is 0 Å². The van der Waals surface area contributed by atoms with Gasteiger partial charge in [-0.2, -0.15) is 0 Å². The number of hydrogen-bond acceptors (Lipinski definition) is 0. The summed E-state index contributed by atoms with van der Waals surface area (Å²) in [5.41, 5.74) is 0. The molecule has 0 aliphatic rings. The summed E-state index contributed by atoms with van der Waals surface area (Å²) >= 11 is 3.60. The molecule has 0 spiro atoms. The van der Waals surface area contributed by atoms with Crippen molar-refractivity contribution in [3.63, 3.8) is 0 Å².